The summed E-state index contributed by atoms with van der Waals surface area (Å²) in [7, 11) is 0. The SMILES string of the molecule is CC.CC(C)c1cc(N)cc2ccc(F)c(OC(O)(O)F)c12. The zero-order valence-corrected chi connectivity index (χ0v) is 13.0. The van der Waals surface area contributed by atoms with Gasteiger partial charge in [0, 0.05) is 11.1 Å². The van der Waals surface area contributed by atoms with Crippen LogP contribution in [0.3, 0.4) is 0 Å². The third kappa shape index (κ3) is 4.05. The van der Waals surface area contributed by atoms with Crippen LogP contribution in [-0.4, -0.2) is 16.4 Å². The van der Waals surface area contributed by atoms with Crippen molar-refractivity contribution in [1.29, 1.82) is 0 Å². The average Bonchev–Trinajstić information content (AvgIpc) is 2.42. The van der Waals surface area contributed by atoms with Crippen LogP contribution in [0.2, 0.25) is 0 Å². The van der Waals surface area contributed by atoms with Crippen LogP contribution < -0.4 is 10.5 Å². The number of aliphatic hydroxyl groups is 2. The van der Waals surface area contributed by atoms with Crippen LogP contribution in [0.4, 0.5) is 14.5 Å². The van der Waals surface area contributed by atoms with Crippen molar-refractivity contribution in [3.63, 3.8) is 0 Å². The largest absolute Gasteiger partial charge is 0.492 e. The molecule has 0 radical (unpaired) electrons. The maximum atomic E-state index is 13.8. The second-order valence-corrected chi connectivity index (χ2v) is 4.87. The molecule has 0 aliphatic heterocycles. The van der Waals surface area contributed by atoms with Crippen LogP contribution >= 0.6 is 0 Å². The lowest BCUT2D eigenvalue weighted by atomic mass is 9.94. The maximum Gasteiger partial charge on any atom is 0.492 e. The number of fused-ring (bicyclic) bond motifs is 1. The van der Waals surface area contributed by atoms with Crippen molar-refractivity contribution in [2.24, 2.45) is 0 Å². The molecule has 0 fully saturated rings. The summed E-state index contributed by atoms with van der Waals surface area (Å²) in [5.74, 6) is -1.50. The second-order valence-electron chi connectivity index (χ2n) is 4.87. The van der Waals surface area contributed by atoms with Gasteiger partial charge in [-0.05, 0) is 35.1 Å². The number of halogens is 2. The van der Waals surface area contributed by atoms with Crippen molar-refractivity contribution < 1.29 is 23.7 Å². The number of anilines is 1. The smallest absolute Gasteiger partial charge is 0.409 e. The van der Waals surface area contributed by atoms with E-state index >= 15 is 0 Å². The summed E-state index contributed by atoms with van der Waals surface area (Å²) in [4.78, 5) is 0. The molecule has 2 rings (SSSR count). The van der Waals surface area contributed by atoms with E-state index in [9.17, 15) is 8.78 Å². The monoisotopic (exact) mass is 313 g/mol. The van der Waals surface area contributed by atoms with Gasteiger partial charge in [0.2, 0.25) is 0 Å². The zero-order valence-electron chi connectivity index (χ0n) is 13.0. The van der Waals surface area contributed by atoms with Gasteiger partial charge in [0.25, 0.3) is 0 Å². The van der Waals surface area contributed by atoms with Crippen LogP contribution in [0.25, 0.3) is 10.8 Å². The number of rotatable bonds is 3. The molecule has 0 saturated heterocycles. The molecule has 4 N–H and O–H groups in total. The molecule has 0 aliphatic carbocycles. The minimum absolute atomic E-state index is 0.0449. The molecule has 0 bridgehead atoms. The standard InChI is InChI=1S/C14H15F2NO3.C2H6/c1-7(2)10-6-9(17)5-8-3-4-11(15)13(12(8)10)20-14(16,18)19;1-2/h3-7,18-19H,17H2,1-2H3;1-2H3. The molecule has 0 atom stereocenters. The maximum absolute atomic E-state index is 13.8. The predicted octanol–water partition coefficient (Wildman–Crippen LogP) is 3.65. The van der Waals surface area contributed by atoms with Crippen molar-refractivity contribution in [1.82, 2.24) is 0 Å². The number of benzene rings is 2. The van der Waals surface area contributed by atoms with Crippen LogP contribution in [-0.2, 0) is 0 Å². The van der Waals surface area contributed by atoms with Gasteiger partial charge in [0.15, 0.2) is 11.6 Å². The number of alkyl halides is 1. The summed E-state index contributed by atoms with van der Waals surface area (Å²) in [5, 5.41) is 18.2. The topological polar surface area (TPSA) is 75.7 Å². The molecular formula is C16H21F2NO3. The Morgan fingerprint density at radius 2 is 1.77 bits per heavy atom. The molecular weight excluding hydrogens is 292 g/mol. The highest BCUT2D eigenvalue weighted by Crippen LogP contribution is 2.38. The number of nitrogen functional groups attached to an aromatic ring is 1. The van der Waals surface area contributed by atoms with E-state index in [-0.39, 0.29) is 11.3 Å². The van der Waals surface area contributed by atoms with Crippen molar-refractivity contribution in [3.05, 3.63) is 35.6 Å². The van der Waals surface area contributed by atoms with Crippen molar-refractivity contribution in [2.75, 3.05) is 5.73 Å². The summed E-state index contributed by atoms with van der Waals surface area (Å²) in [6.07, 6.45) is -3.95. The molecule has 0 unspecified atom stereocenters. The molecule has 0 amide bonds. The number of hydrogen-bond acceptors (Lipinski definition) is 4. The van der Waals surface area contributed by atoms with E-state index in [1.165, 1.54) is 6.07 Å². The minimum Gasteiger partial charge on any atom is -0.409 e. The highest BCUT2D eigenvalue weighted by molar-refractivity contribution is 5.94. The summed E-state index contributed by atoms with van der Waals surface area (Å²) in [5.41, 5.74) is 6.86. The van der Waals surface area contributed by atoms with Crippen LogP contribution in [0.15, 0.2) is 24.3 Å². The molecule has 0 aromatic heterocycles. The Morgan fingerprint density at radius 1 is 1.18 bits per heavy atom. The molecule has 0 spiro atoms. The Hall–Kier alpha value is -1.92. The third-order valence-electron chi connectivity index (χ3n) is 2.93. The van der Waals surface area contributed by atoms with E-state index < -0.39 is 17.8 Å². The quantitative estimate of drug-likeness (QED) is 0.597. The number of ether oxygens (including phenoxy) is 1. The van der Waals surface area contributed by atoms with Crippen LogP contribution in [0.1, 0.15) is 39.2 Å². The molecule has 0 aliphatic rings. The Morgan fingerprint density at radius 3 is 2.27 bits per heavy atom. The van der Waals surface area contributed by atoms with Gasteiger partial charge in [-0.1, -0.05) is 33.8 Å². The summed E-state index contributed by atoms with van der Waals surface area (Å²) in [6.45, 7) is 7.70. The van der Waals surface area contributed by atoms with Crippen molar-refractivity contribution in [3.8, 4) is 5.75 Å². The fourth-order valence-electron chi connectivity index (χ4n) is 2.15. The molecule has 4 nitrogen and oxygen atoms in total. The van der Waals surface area contributed by atoms with E-state index in [0.717, 1.165) is 6.07 Å². The van der Waals surface area contributed by atoms with Gasteiger partial charge in [-0.3, -0.25) is 0 Å². The zero-order chi connectivity index (χ0) is 17.1. The van der Waals surface area contributed by atoms with Crippen molar-refractivity contribution in [2.45, 2.75) is 39.8 Å². The molecule has 6 heteroatoms. The first-order chi connectivity index (χ1) is 10.2. The number of nitrogens with two attached hydrogens (primary N) is 1. The lowest BCUT2D eigenvalue weighted by Crippen LogP contribution is -2.29. The van der Waals surface area contributed by atoms with Gasteiger partial charge in [-0.2, -0.15) is 0 Å². The summed E-state index contributed by atoms with van der Waals surface area (Å²) < 4.78 is 31.0. The van der Waals surface area contributed by atoms with Gasteiger partial charge in [0.1, 0.15) is 0 Å². The highest BCUT2D eigenvalue weighted by atomic mass is 19.2. The molecule has 22 heavy (non-hydrogen) atoms. The van der Waals surface area contributed by atoms with E-state index in [1.54, 1.807) is 12.1 Å². The Balaban J connectivity index is 0.00000116. The molecule has 0 saturated carbocycles. The van der Waals surface area contributed by atoms with Gasteiger partial charge in [-0.25, -0.2) is 4.39 Å². The predicted molar refractivity (Wildman–Crippen MR) is 82.7 cm³/mol. The Bertz CT molecular complexity index is 652. The molecule has 2 aromatic carbocycles. The Labute approximate surface area is 128 Å². The first kappa shape index (κ1) is 18.1. The first-order valence-electron chi connectivity index (χ1n) is 7.03. The van der Waals surface area contributed by atoms with E-state index in [0.29, 0.717) is 16.6 Å². The normalized spacial score (nSPS) is 11.3. The lowest BCUT2D eigenvalue weighted by molar-refractivity contribution is -0.375. The number of hydrogen-bond donors (Lipinski definition) is 3. The van der Waals surface area contributed by atoms with Crippen LogP contribution in [0, 0.1) is 5.82 Å². The summed E-state index contributed by atoms with van der Waals surface area (Å²) in [6, 6.07) is 5.71. The first-order valence-corrected chi connectivity index (χ1v) is 7.03. The van der Waals surface area contributed by atoms with E-state index in [4.69, 9.17) is 15.9 Å². The van der Waals surface area contributed by atoms with E-state index in [2.05, 4.69) is 4.74 Å². The molecule has 122 valence electrons. The lowest BCUT2D eigenvalue weighted by Gasteiger charge is -2.19. The van der Waals surface area contributed by atoms with Crippen LogP contribution in [0.5, 0.6) is 5.75 Å². The van der Waals surface area contributed by atoms with Gasteiger partial charge in [-0.15, -0.1) is 4.39 Å². The van der Waals surface area contributed by atoms with Gasteiger partial charge in [0.05, 0.1) is 0 Å². The van der Waals surface area contributed by atoms with Crippen molar-refractivity contribution >= 4 is 16.5 Å². The average molecular weight is 313 g/mol. The molecule has 2 aromatic rings. The third-order valence-corrected chi connectivity index (χ3v) is 2.93. The molecule has 0 heterocycles. The Kier molecular flexibility index (Phi) is 5.68. The summed E-state index contributed by atoms with van der Waals surface area (Å²) >= 11 is 0. The highest BCUT2D eigenvalue weighted by Gasteiger charge is 2.28. The van der Waals surface area contributed by atoms with Gasteiger partial charge < -0.3 is 20.7 Å². The fourth-order valence-corrected chi connectivity index (χ4v) is 2.15. The minimum atomic E-state index is -3.95. The van der Waals surface area contributed by atoms with Gasteiger partial charge >= 0.3 is 6.23 Å². The second kappa shape index (κ2) is 6.89. The van der Waals surface area contributed by atoms with E-state index in [1.807, 2.05) is 27.7 Å². The fraction of sp³-hybridized carbons (Fsp3) is 0.375.